The Kier molecular flexibility index (Phi) is 8.35. The normalized spacial score (nSPS) is 17.4. The molecular formula is C22H28N2O5S3. The van der Waals surface area contributed by atoms with Gasteiger partial charge in [0.25, 0.3) is 5.91 Å². The van der Waals surface area contributed by atoms with Gasteiger partial charge in [-0.25, -0.2) is 18.2 Å². The Balaban J connectivity index is 1.53. The number of carbonyl (C=O) groups is 2. The summed E-state index contributed by atoms with van der Waals surface area (Å²) in [4.78, 5) is 32.1. The van der Waals surface area contributed by atoms with Gasteiger partial charge in [0.15, 0.2) is 16.4 Å². The van der Waals surface area contributed by atoms with E-state index in [1.165, 1.54) is 0 Å². The molecule has 1 atom stereocenters. The first-order valence-electron chi connectivity index (χ1n) is 10.4. The SMILES string of the molecule is Cc1nc(CSc2ccc(C(=O)OCC(=O)N(CC(C)C)C3CCS(=O)(=O)C3)cc2)cs1. The Morgan fingerprint density at radius 2 is 2.00 bits per heavy atom. The average Bonchev–Trinajstić information content (AvgIpc) is 3.33. The topological polar surface area (TPSA) is 93.6 Å². The summed E-state index contributed by atoms with van der Waals surface area (Å²) in [6.45, 7) is 5.93. The van der Waals surface area contributed by atoms with Crippen LogP contribution in [0.15, 0.2) is 34.5 Å². The van der Waals surface area contributed by atoms with Gasteiger partial charge in [0.2, 0.25) is 0 Å². The number of esters is 1. The second kappa shape index (κ2) is 10.8. The molecule has 7 nitrogen and oxygen atoms in total. The second-order valence-corrected chi connectivity index (χ2v) is 12.6. The molecule has 2 aromatic rings. The lowest BCUT2D eigenvalue weighted by atomic mass is 10.1. The lowest BCUT2D eigenvalue weighted by Crippen LogP contribution is -2.45. The maximum absolute atomic E-state index is 12.7. The molecule has 1 fully saturated rings. The number of thioether (sulfide) groups is 1. The van der Waals surface area contributed by atoms with E-state index in [1.807, 2.05) is 38.3 Å². The van der Waals surface area contributed by atoms with E-state index in [0.717, 1.165) is 21.3 Å². The lowest BCUT2D eigenvalue weighted by Gasteiger charge is -2.29. The highest BCUT2D eigenvalue weighted by Crippen LogP contribution is 2.24. The number of benzene rings is 1. The monoisotopic (exact) mass is 496 g/mol. The fourth-order valence-electron chi connectivity index (χ4n) is 3.48. The number of thiazole rings is 1. The van der Waals surface area contributed by atoms with Crippen LogP contribution in [0.1, 0.15) is 41.3 Å². The summed E-state index contributed by atoms with van der Waals surface area (Å²) in [5, 5.41) is 3.07. The third-order valence-corrected chi connectivity index (χ3v) is 8.62. The molecule has 10 heteroatoms. The summed E-state index contributed by atoms with van der Waals surface area (Å²) in [5.74, 6) is 0.0559. The quantitative estimate of drug-likeness (QED) is 0.387. The van der Waals surface area contributed by atoms with Crippen molar-refractivity contribution in [1.29, 1.82) is 0 Å². The van der Waals surface area contributed by atoms with Gasteiger partial charge in [0.05, 0.1) is 27.8 Å². The van der Waals surface area contributed by atoms with Crippen molar-refractivity contribution in [3.05, 3.63) is 45.9 Å². The molecule has 1 aliphatic rings. The average molecular weight is 497 g/mol. The second-order valence-electron chi connectivity index (χ2n) is 8.24. The number of carbonyl (C=O) groups excluding carboxylic acids is 2. The van der Waals surface area contributed by atoms with Gasteiger partial charge in [-0.3, -0.25) is 4.79 Å². The molecule has 0 saturated carbocycles. The zero-order valence-corrected chi connectivity index (χ0v) is 20.9. The van der Waals surface area contributed by atoms with E-state index in [4.69, 9.17) is 4.74 Å². The molecule has 3 rings (SSSR count). The molecule has 1 aliphatic heterocycles. The molecule has 0 N–H and O–H groups in total. The highest BCUT2D eigenvalue weighted by molar-refractivity contribution is 7.98. The van der Waals surface area contributed by atoms with Gasteiger partial charge in [-0.1, -0.05) is 13.8 Å². The van der Waals surface area contributed by atoms with Crippen LogP contribution in [-0.2, 0) is 25.1 Å². The van der Waals surface area contributed by atoms with E-state index in [-0.39, 0.29) is 29.4 Å². The number of aryl methyl sites for hydroxylation is 1. The predicted molar refractivity (Wildman–Crippen MR) is 127 cm³/mol. The molecule has 1 saturated heterocycles. The highest BCUT2D eigenvalue weighted by atomic mass is 32.2. The van der Waals surface area contributed by atoms with Crippen LogP contribution in [0.4, 0.5) is 0 Å². The molecule has 1 amide bonds. The number of nitrogens with zero attached hydrogens (tertiary/aromatic N) is 2. The van der Waals surface area contributed by atoms with Gasteiger partial charge < -0.3 is 9.64 Å². The minimum absolute atomic E-state index is 0.0288. The zero-order chi connectivity index (χ0) is 23.3. The highest BCUT2D eigenvalue weighted by Gasteiger charge is 2.35. The van der Waals surface area contributed by atoms with E-state index in [0.29, 0.717) is 18.5 Å². The molecular weight excluding hydrogens is 468 g/mol. The van der Waals surface area contributed by atoms with E-state index < -0.39 is 22.4 Å². The van der Waals surface area contributed by atoms with Crippen LogP contribution in [0, 0.1) is 12.8 Å². The van der Waals surface area contributed by atoms with Crippen LogP contribution >= 0.6 is 23.1 Å². The van der Waals surface area contributed by atoms with E-state index in [9.17, 15) is 18.0 Å². The Morgan fingerprint density at radius 3 is 2.56 bits per heavy atom. The number of amides is 1. The van der Waals surface area contributed by atoms with Crippen molar-refractivity contribution in [2.75, 3.05) is 24.7 Å². The lowest BCUT2D eigenvalue weighted by molar-refractivity contribution is -0.137. The van der Waals surface area contributed by atoms with Crippen LogP contribution in [-0.4, -0.2) is 60.9 Å². The maximum Gasteiger partial charge on any atom is 0.338 e. The summed E-state index contributed by atoms with van der Waals surface area (Å²) >= 11 is 3.25. The first-order chi connectivity index (χ1) is 15.1. The van der Waals surface area contributed by atoms with Crippen LogP contribution in [0.5, 0.6) is 0 Å². The Bertz CT molecular complexity index is 1050. The fraction of sp³-hybridized carbons (Fsp3) is 0.500. The van der Waals surface area contributed by atoms with Gasteiger partial charge in [0.1, 0.15) is 0 Å². The van der Waals surface area contributed by atoms with Gasteiger partial charge in [0, 0.05) is 28.6 Å². The van der Waals surface area contributed by atoms with Crippen molar-refractivity contribution in [2.45, 2.75) is 43.9 Å². The van der Waals surface area contributed by atoms with Crippen molar-refractivity contribution in [2.24, 2.45) is 5.92 Å². The minimum atomic E-state index is -3.12. The van der Waals surface area contributed by atoms with Crippen LogP contribution in [0.3, 0.4) is 0 Å². The molecule has 0 radical (unpaired) electrons. The van der Waals surface area contributed by atoms with Crippen molar-refractivity contribution >= 4 is 44.8 Å². The van der Waals surface area contributed by atoms with Crippen LogP contribution < -0.4 is 0 Å². The predicted octanol–water partition coefficient (Wildman–Crippen LogP) is 3.57. The molecule has 1 unspecified atom stereocenters. The number of aromatic nitrogens is 1. The molecule has 174 valence electrons. The molecule has 0 aliphatic carbocycles. The Morgan fingerprint density at radius 1 is 1.28 bits per heavy atom. The molecule has 32 heavy (non-hydrogen) atoms. The number of hydrogen-bond donors (Lipinski definition) is 0. The van der Waals surface area contributed by atoms with Crippen LogP contribution in [0.25, 0.3) is 0 Å². The van der Waals surface area contributed by atoms with Gasteiger partial charge in [-0.15, -0.1) is 23.1 Å². The molecule has 1 aromatic carbocycles. The minimum Gasteiger partial charge on any atom is -0.452 e. The summed E-state index contributed by atoms with van der Waals surface area (Å²) in [6, 6.07) is 6.69. The van der Waals surface area contributed by atoms with Crippen molar-refractivity contribution < 1.29 is 22.7 Å². The molecule has 0 spiro atoms. The maximum atomic E-state index is 12.7. The first kappa shape index (κ1) is 24.7. The van der Waals surface area contributed by atoms with Gasteiger partial charge >= 0.3 is 5.97 Å². The summed E-state index contributed by atoms with van der Waals surface area (Å²) in [7, 11) is -3.12. The Hall–Kier alpha value is -1.91. The third-order valence-electron chi connectivity index (χ3n) is 5.00. The number of ether oxygens (including phenoxy) is 1. The van der Waals surface area contributed by atoms with Crippen molar-refractivity contribution in [3.63, 3.8) is 0 Å². The zero-order valence-electron chi connectivity index (χ0n) is 18.4. The standard InChI is InChI=1S/C22H28N2O5S3/c1-15(2)10-24(19-8-9-32(27,28)14-19)21(25)11-29-22(26)17-4-6-20(7-5-17)31-13-18-12-30-16(3)23-18/h4-7,12,15,19H,8-11,13-14H2,1-3H3. The van der Waals surface area contributed by atoms with Crippen LogP contribution in [0.2, 0.25) is 0 Å². The summed E-state index contributed by atoms with van der Waals surface area (Å²) in [6.07, 6.45) is 0.425. The summed E-state index contributed by atoms with van der Waals surface area (Å²) < 4.78 is 28.9. The number of sulfone groups is 1. The first-order valence-corrected chi connectivity index (χ1v) is 14.1. The van der Waals surface area contributed by atoms with Gasteiger partial charge in [-0.2, -0.15) is 0 Å². The van der Waals surface area contributed by atoms with E-state index in [2.05, 4.69) is 4.98 Å². The van der Waals surface area contributed by atoms with E-state index >= 15 is 0 Å². The smallest absolute Gasteiger partial charge is 0.338 e. The number of hydrogen-bond acceptors (Lipinski definition) is 8. The molecule has 2 heterocycles. The number of rotatable bonds is 9. The largest absolute Gasteiger partial charge is 0.452 e. The van der Waals surface area contributed by atoms with Gasteiger partial charge in [-0.05, 0) is 43.5 Å². The Labute approximate surface area is 197 Å². The van der Waals surface area contributed by atoms with E-state index in [1.54, 1.807) is 40.1 Å². The van der Waals surface area contributed by atoms with Crippen molar-refractivity contribution in [3.8, 4) is 0 Å². The van der Waals surface area contributed by atoms with Crippen molar-refractivity contribution in [1.82, 2.24) is 9.88 Å². The molecule has 0 bridgehead atoms. The third kappa shape index (κ3) is 7.05. The fourth-order valence-corrected chi connectivity index (χ4v) is 6.72. The summed E-state index contributed by atoms with van der Waals surface area (Å²) in [5.41, 5.74) is 1.39. The molecule has 1 aromatic heterocycles.